The van der Waals surface area contributed by atoms with Crippen molar-refractivity contribution in [1.29, 1.82) is 0 Å². The third kappa shape index (κ3) is 4.67. The van der Waals surface area contributed by atoms with Gasteiger partial charge in [-0.25, -0.2) is 0 Å². The average Bonchev–Trinajstić information content (AvgIpc) is 3.86. The molecule has 1 nitrogen and oxygen atoms in total. The highest BCUT2D eigenvalue weighted by Crippen LogP contribution is 2.65. The first-order valence-corrected chi connectivity index (χ1v) is 20.8. The molecule has 12 rings (SSSR count). The summed E-state index contributed by atoms with van der Waals surface area (Å²) in [5.74, 6) is 0. The number of nitrogens with zero attached hydrogens (tertiary/aromatic N) is 1. The SMILES string of the molecule is CC1(C)c2ccc(N(c3ccc(-c4ccccc4)cc3)c3cccc4c3-c3ccccc3C43c4ccccc4-c4ccccc43)cc2-c2c(-c3ccccc3)cccc21. The van der Waals surface area contributed by atoms with Crippen LogP contribution in [0.4, 0.5) is 17.1 Å². The summed E-state index contributed by atoms with van der Waals surface area (Å²) in [6.07, 6.45) is 0. The molecule has 0 heterocycles. The van der Waals surface area contributed by atoms with E-state index in [1.54, 1.807) is 0 Å². The summed E-state index contributed by atoms with van der Waals surface area (Å²) in [5.41, 5.74) is 23.8. The third-order valence-corrected chi connectivity index (χ3v) is 13.5. The Morgan fingerprint density at radius 3 is 1.47 bits per heavy atom. The molecule has 0 unspecified atom stereocenters. The quantitative estimate of drug-likeness (QED) is 0.169. The first kappa shape index (κ1) is 33.9. The van der Waals surface area contributed by atoms with Gasteiger partial charge in [0.1, 0.15) is 0 Å². The van der Waals surface area contributed by atoms with Gasteiger partial charge in [-0.05, 0) is 114 Å². The van der Waals surface area contributed by atoms with Gasteiger partial charge in [-0.15, -0.1) is 0 Å². The molecule has 278 valence electrons. The molecule has 0 atom stereocenters. The zero-order valence-corrected chi connectivity index (χ0v) is 33.2. The Bertz CT molecular complexity index is 3070. The van der Waals surface area contributed by atoms with Crippen molar-refractivity contribution in [1.82, 2.24) is 0 Å². The van der Waals surface area contributed by atoms with Gasteiger partial charge in [0.15, 0.2) is 0 Å². The zero-order chi connectivity index (χ0) is 39.3. The van der Waals surface area contributed by atoms with Crippen molar-refractivity contribution in [2.45, 2.75) is 24.7 Å². The molecule has 3 aliphatic carbocycles. The number of rotatable bonds is 5. The molecule has 59 heavy (non-hydrogen) atoms. The van der Waals surface area contributed by atoms with Crippen LogP contribution in [-0.4, -0.2) is 0 Å². The molecule has 0 fully saturated rings. The van der Waals surface area contributed by atoms with Crippen LogP contribution in [0.15, 0.2) is 212 Å². The molecule has 0 aliphatic heterocycles. The number of anilines is 3. The third-order valence-electron chi connectivity index (χ3n) is 13.5. The highest BCUT2D eigenvalue weighted by atomic mass is 15.1. The van der Waals surface area contributed by atoms with Gasteiger partial charge in [0.25, 0.3) is 0 Å². The minimum atomic E-state index is -0.427. The van der Waals surface area contributed by atoms with Crippen molar-refractivity contribution >= 4 is 17.1 Å². The second-order valence-electron chi connectivity index (χ2n) is 16.8. The summed E-state index contributed by atoms with van der Waals surface area (Å²) in [6, 6.07) is 79.1. The van der Waals surface area contributed by atoms with Crippen LogP contribution in [0.5, 0.6) is 0 Å². The van der Waals surface area contributed by atoms with E-state index < -0.39 is 5.41 Å². The standard InChI is InChI=1S/C58H41N/c1-57(2)48-36-35-42(37-47(48)55-43(24-15-28-52(55)57)40-19-7-4-8-20-40)59(41-33-31-39(32-34-41)38-17-5-3-6-18-38)54-30-16-29-53-56(54)46-23-11-14-27-51(46)58(53)49-25-12-9-21-44(49)45-22-10-13-26-50(45)58/h3-37H,1-2H3. The monoisotopic (exact) mass is 751 g/mol. The van der Waals surface area contributed by atoms with Gasteiger partial charge >= 0.3 is 0 Å². The van der Waals surface area contributed by atoms with E-state index in [4.69, 9.17) is 0 Å². The molecule has 0 saturated heterocycles. The minimum absolute atomic E-state index is 0.140. The van der Waals surface area contributed by atoms with Gasteiger partial charge < -0.3 is 4.90 Å². The molecular formula is C58H41N. The number of hydrogen-bond donors (Lipinski definition) is 0. The lowest BCUT2D eigenvalue weighted by Gasteiger charge is -2.32. The molecule has 0 N–H and O–H groups in total. The molecule has 0 amide bonds. The minimum Gasteiger partial charge on any atom is -0.310 e. The van der Waals surface area contributed by atoms with E-state index in [9.17, 15) is 0 Å². The molecule has 9 aromatic rings. The second-order valence-corrected chi connectivity index (χ2v) is 16.8. The van der Waals surface area contributed by atoms with Crippen LogP contribution in [0, 0.1) is 0 Å². The van der Waals surface area contributed by atoms with Gasteiger partial charge in [-0.3, -0.25) is 0 Å². The summed E-state index contributed by atoms with van der Waals surface area (Å²) in [5, 5.41) is 0. The first-order chi connectivity index (χ1) is 29.0. The molecule has 1 spiro atoms. The van der Waals surface area contributed by atoms with Crippen molar-refractivity contribution < 1.29 is 0 Å². The lowest BCUT2D eigenvalue weighted by molar-refractivity contribution is 0.660. The van der Waals surface area contributed by atoms with Crippen molar-refractivity contribution in [3.63, 3.8) is 0 Å². The van der Waals surface area contributed by atoms with Crippen LogP contribution in [-0.2, 0) is 10.8 Å². The van der Waals surface area contributed by atoms with Crippen molar-refractivity contribution in [2.24, 2.45) is 0 Å². The van der Waals surface area contributed by atoms with E-state index in [0.717, 1.165) is 11.4 Å². The van der Waals surface area contributed by atoms with Crippen molar-refractivity contribution in [2.75, 3.05) is 4.90 Å². The molecular weight excluding hydrogens is 711 g/mol. The molecule has 9 aromatic carbocycles. The van der Waals surface area contributed by atoms with Crippen LogP contribution in [0.25, 0.3) is 55.6 Å². The highest BCUT2D eigenvalue weighted by molar-refractivity contribution is 6.02. The summed E-state index contributed by atoms with van der Waals surface area (Å²) in [4.78, 5) is 2.52. The van der Waals surface area contributed by atoms with Crippen molar-refractivity contribution in [3.8, 4) is 55.6 Å². The maximum Gasteiger partial charge on any atom is 0.0726 e. The molecule has 1 heteroatoms. The predicted octanol–water partition coefficient (Wildman–Crippen LogP) is 15.1. The molecule has 0 radical (unpaired) electrons. The maximum absolute atomic E-state index is 2.52. The summed E-state index contributed by atoms with van der Waals surface area (Å²) >= 11 is 0. The normalized spacial score (nSPS) is 14.2. The highest BCUT2D eigenvalue weighted by Gasteiger charge is 2.52. The first-order valence-electron chi connectivity index (χ1n) is 20.8. The van der Waals surface area contributed by atoms with Crippen LogP contribution < -0.4 is 4.90 Å². The van der Waals surface area contributed by atoms with Gasteiger partial charge in [0.2, 0.25) is 0 Å². The fourth-order valence-corrected chi connectivity index (χ4v) is 11.0. The van der Waals surface area contributed by atoms with Crippen LogP contribution >= 0.6 is 0 Å². The van der Waals surface area contributed by atoms with Crippen molar-refractivity contribution in [3.05, 3.63) is 246 Å². The fraction of sp³-hybridized carbons (Fsp3) is 0.0690. The summed E-state index contributed by atoms with van der Waals surface area (Å²) in [7, 11) is 0. The Morgan fingerprint density at radius 2 is 0.797 bits per heavy atom. The van der Waals surface area contributed by atoms with E-state index >= 15 is 0 Å². The molecule has 3 aliphatic rings. The Hall–Kier alpha value is -7.22. The van der Waals surface area contributed by atoms with Gasteiger partial charge in [0, 0.05) is 22.4 Å². The summed E-state index contributed by atoms with van der Waals surface area (Å²) < 4.78 is 0. The second kappa shape index (κ2) is 12.6. The molecule has 0 bridgehead atoms. The van der Waals surface area contributed by atoms with E-state index in [-0.39, 0.29) is 5.41 Å². The van der Waals surface area contributed by atoms with Gasteiger partial charge in [-0.2, -0.15) is 0 Å². The van der Waals surface area contributed by atoms with E-state index in [2.05, 4.69) is 231 Å². The average molecular weight is 752 g/mol. The molecule has 0 aromatic heterocycles. The largest absolute Gasteiger partial charge is 0.310 e. The van der Waals surface area contributed by atoms with Crippen LogP contribution in [0.2, 0.25) is 0 Å². The predicted molar refractivity (Wildman–Crippen MR) is 246 cm³/mol. The van der Waals surface area contributed by atoms with Gasteiger partial charge in [0.05, 0.1) is 11.1 Å². The Labute approximate surface area is 346 Å². The maximum atomic E-state index is 2.52. The van der Waals surface area contributed by atoms with Crippen LogP contribution in [0.1, 0.15) is 47.2 Å². The number of hydrogen-bond acceptors (Lipinski definition) is 1. The van der Waals surface area contributed by atoms with E-state index in [1.807, 2.05) is 0 Å². The lowest BCUT2D eigenvalue weighted by Crippen LogP contribution is -2.26. The van der Waals surface area contributed by atoms with Crippen LogP contribution in [0.3, 0.4) is 0 Å². The Kier molecular flexibility index (Phi) is 7.26. The number of benzene rings is 9. The summed E-state index contributed by atoms with van der Waals surface area (Å²) in [6.45, 7) is 4.76. The number of fused-ring (bicyclic) bond motifs is 13. The lowest BCUT2D eigenvalue weighted by atomic mass is 9.70. The molecule has 0 saturated carbocycles. The van der Waals surface area contributed by atoms with E-state index in [1.165, 1.54) is 94.7 Å². The van der Waals surface area contributed by atoms with Gasteiger partial charge in [-0.1, -0.05) is 196 Å². The topological polar surface area (TPSA) is 3.24 Å². The van der Waals surface area contributed by atoms with E-state index in [0.29, 0.717) is 0 Å². The fourth-order valence-electron chi connectivity index (χ4n) is 11.0. The zero-order valence-electron chi connectivity index (χ0n) is 33.2. The Morgan fingerprint density at radius 1 is 0.305 bits per heavy atom. The smallest absolute Gasteiger partial charge is 0.0726 e. The Balaban J connectivity index is 1.13.